The fourth-order valence-corrected chi connectivity index (χ4v) is 3.81. The summed E-state index contributed by atoms with van der Waals surface area (Å²) in [6, 6.07) is -0.0469. The molecule has 1 aromatic rings. The van der Waals surface area contributed by atoms with E-state index in [1.54, 1.807) is 41.2 Å². The van der Waals surface area contributed by atoms with Gasteiger partial charge >= 0.3 is 12.0 Å². The average molecular weight is 374 g/mol. The number of hydrogen-bond acceptors (Lipinski definition) is 5. The Morgan fingerprint density at radius 1 is 1.19 bits per heavy atom. The first-order chi connectivity index (χ1) is 12.9. The lowest BCUT2D eigenvalue weighted by Gasteiger charge is -2.34. The minimum Gasteiger partial charge on any atom is -0.469 e. The molecule has 0 radical (unpaired) electrons. The van der Waals surface area contributed by atoms with Crippen LogP contribution in [0.1, 0.15) is 34.3 Å². The lowest BCUT2D eigenvalue weighted by Crippen LogP contribution is -2.44. The Balaban J connectivity index is 1.78. The van der Waals surface area contributed by atoms with Crippen molar-refractivity contribution < 1.29 is 19.1 Å². The number of esters is 1. The maximum Gasteiger partial charge on any atom is 0.319 e. The number of piperidine rings is 1. The van der Waals surface area contributed by atoms with E-state index in [-0.39, 0.29) is 23.8 Å². The van der Waals surface area contributed by atoms with Crippen LogP contribution in [-0.2, 0) is 22.5 Å². The van der Waals surface area contributed by atoms with Crippen molar-refractivity contribution in [1.29, 1.82) is 0 Å². The molecule has 3 heterocycles. The molecule has 0 aromatic carbocycles. The van der Waals surface area contributed by atoms with Crippen LogP contribution >= 0.6 is 0 Å². The number of amides is 3. The van der Waals surface area contributed by atoms with E-state index in [1.165, 1.54) is 7.11 Å². The molecule has 1 aromatic heterocycles. The quantitative estimate of drug-likeness (QED) is 0.725. The number of aromatic nitrogens is 1. The summed E-state index contributed by atoms with van der Waals surface area (Å²) in [7, 11) is 4.83. The third kappa shape index (κ3) is 3.89. The van der Waals surface area contributed by atoms with E-state index in [0.29, 0.717) is 38.2 Å². The van der Waals surface area contributed by atoms with Gasteiger partial charge in [0.25, 0.3) is 5.91 Å². The van der Waals surface area contributed by atoms with Gasteiger partial charge in [0.15, 0.2) is 0 Å². The van der Waals surface area contributed by atoms with Gasteiger partial charge < -0.3 is 19.4 Å². The minimum atomic E-state index is -0.270. The first-order valence-electron chi connectivity index (χ1n) is 9.21. The molecule has 0 saturated carbocycles. The molecule has 1 saturated heterocycles. The van der Waals surface area contributed by atoms with Gasteiger partial charge in [-0.2, -0.15) is 0 Å². The second kappa shape index (κ2) is 7.94. The first-order valence-corrected chi connectivity index (χ1v) is 9.21. The van der Waals surface area contributed by atoms with Crippen LogP contribution in [0.2, 0.25) is 0 Å². The lowest BCUT2D eigenvalue weighted by molar-refractivity contribution is -0.146. The van der Waals surface area contributed by atoms with Gasteiger partial charge in [-0.3, -0.25) is 14.6 Å². The summed E-state index contributed by atoms with van der Waals surface area (Å²) in [5.74, 6) is -0.632. The summed E-state index contributed by atoms with van der Waals surface area (Å²) in [4.78, 5) is 46.4. The highest BCUT2D eigenvalue weighted by Gasteiger charge is 2.32. The minimum absolute atomic E-state index is 0.0469. The van der Waals surface area contributed by atoms with Crippen molar-refractivity contribution in [3.8, 4) is 0 Å². The van der Waals surface area contributed by atoms with E-state index < -0.39 is 0 Å². The number of ether oxygens (including phenoxy) is 1. The molecule has 8 heteroatoms. The maximum atomic E-state index is 13.1. The number of nitrogens with zero attached hydrogens (tertiary/aromatic N) is 4. The average Bonchev–Trinajstić information content (AvgIpc) is 2.71. The van der Waals surface area contributed by atoms with Gasteiger partial charge in [-0.25, -0.2) is 4.79 Å². The van der Waals surface area contributed by atoms with Crippen molar-refractivity contribution in [2.24, 2.45) is 5.92 Å². The van der Waals surface area contributed by atoms with Crippen LogP contribution in [0.3, 0.4) is 0 Å². The Bertz CT molecular complexity index is 749. The van der Waals surface area contributed by atoms with Crippen LogP contribution in [-0.4, -0.2) is 78.4 Å². The first kappa shape index (κ1) is 19.1. The van der Waals surface area contributed by atoms with Crippen molar-refractivity contribution in [3.05, 3.63) is 29.1 Å². The summed E-state index contributed by atoms with van der Waals surface area (Å²) in [6.07, 6.45) is 5.47. The van der Waals surface area contributed by atoms with Crippen LogP contribution in [0, 0.1) is 5.92 Å². The number of hydrogen-bond donors (Lipinski definition) is 0. The number of methoxy groups -OCH3 is 1. The van der Waals surface area contributed by atoms with Gasteiger partial charge in [0.05, 0.1) is 18.6 Å². The molecule has 3 amide bonds. The van der Waals surface area contributed by atoms with Gasteiger partial charge in [0.2, 0.25) is 0 Å². The summed E-state index contributed by atoms with van der Waals surface area (Å²) in [6.45, 7) is 2.02. The normalized spacial score (nSPS) is 19.3. The number of carbonyl (C=O) groups is 3. The summed E-state index contributed by atoms with van der Waals surface area (Å²) in [5.41, 5.74) is 2.44. The molecule has 27 heavy (non-hydrogen) atoms. The van der Waals surface area contributed by atoms with Crippen LogP contribution in [0.15, 0.2) is 12.4 Å². The molecule has 0 spiro atoms. The van der Waals surface area contributed by atoms with Gasteiger partial charge in [-0.1, -0.05) is 0 Å². The third-order valence-corrected chi connectivity index (χ3v) is 5.27. The highest BCUT2D eigenvalue weighted by Crippen LogP contribution is 2.25. The van der Waals surface area contributed by atoms with Gasteiger partial charge in [0.1, 0.15) is 0 Å². The van der Waals surface area contributed by atoms with E-state index >= 15 is 0 Å². The Morgan fingerprint density at radius 2 is 1.96 bits per heavy atom. The second-order valence-corrected chi connectivity index (χ2v) is 7.29. The molecule has 1 atom stereocenters. The van der Waals surface area contributed by atoms with Crippen LogP contribution < -0.4 is 0 Å². The number of fused-ring (bicyclic) bond motifs is 1. The molecule has 1 fully saturated rings. The monoisotopic (exact) mass is 374 g/mol. The van der Waals surface area contributed by atoms with Crippen molar-refractivity contribution in [3.63, 3.8) is 0 Å². The number of pyridine rings is 1. The zero-order valence-electron chi connectivity index (χ0n) is 16.1. The third-order valence-electron chi connectivity index (χ3n) is 5.27. The molecule has 3 rings (SSSR count). The van der Waals surface area contributed by atoms with Crippen LogP contribution in [0.5, 0.6) is 0 Å². The standard InChI is InChI=1S/C19H26N4O4/c1-21(2)19(26)23-8-6-15-14(12-23)9-20-10-16(15)17(24)22-7-4-5-13(11-22)18(25)27-3/h9-10,13H,4-8,11-12H2,1-3H3. The fraction of sp³-hybridized carbons (Fsp3) is 0.579. The zero-order chi connectivity index (χ0) is 19.6. The van der Waals surface area contributed by atoms with E-state index in [4.69, 9.17) is 4.74 Å². The molecule has 2 aliphatic rings. The van der Waals surface area contributed by atoms with E-state index in [9.17, 15) is 14.4 Å². The summed E-state index contributed by atoms with van der Waals surface area (Å²) < 4.78 is 4.84. The molecule has 146 valence electrons. The van der Waals surface area contributed by atoms with Crippen LogP contribution in [0.25, 0.3) is 0 Å². The van der Waals surface area contributed by atoms with Crippen molar-refractivity contribution in [2.45, 2.75) is 25.8 Å². The Hall–Kier alpha value is -2.64. The second-order valence-electron chi connectivity index (χ2n) is 7.29. The fourth-order valence-electron chi connectivity index (χ4n) is 3.81. The Kier molecular flexibility index (Phi) is 5.62. The largest absolute Gasteiger partial charge is 0.469 e. The lowest BCUT2D eigenvalue weighted by atomic mass is 9.94. The molecule has 0 bridgehead atoms. The van der Waals surface area contributed by atoms with E-state index in [0.717, 1.165) is 24.0 Å². The zero-order valence-corrected chi connectivity index (χ0v) is 16.1. The number of rotatable bonds is 2. The smallest absolute Gasteiger partial charge is 0.319 e. The van der Waals surface area contributed by atoms with Crippen LogP contribution in [0.4, 0.5) is 4.79 Å². The maximum absolute atomic E-state index is 13.1. The highest BCUT2D eigenvalue weighted by atomic mass is 16.5. The predicted molar refractivity (Wildman–Crippen MR) is 98.1 cm³/mol. The molecule has 0 N–H and O–H groups in total. The number of carbonyl (C=O) groups excluding carboxylic acids is 3. The molecule has 8 nitrogen and oxygen atoms in total. The SMILES string of the molecule is COC(=O)C1CCCN(C(=O)c2cncc3c2CCN(C(=O)N(C)C)C3)C1. The molecule has 2 aliphatic heterocycles. The van der Waals surface area contributed by atoms with Gasteiger partial charge in [-0.15, -0.1) is 0 Å². The molecule has 0 aliphatic carbocycles. The van der Waals surface area contributed by atoms with Gasteiger partial charge in [0, 0.05) is 52.7 Å². The van der Waals surface area contributed by atoms with Crippen molar-refractivity contribution in [1.82, 2.24) is 19.7 Å². The summed E-state index contributed by atoms with van der Waals surface area (Å²) >= 11 is 0. The Morgan fingerprint density at radius 3 is 2.67 bits per heavy atom. The van der Waals surface area contributed by atoms with E-state index in [1.807, 2.05) is 0 Å². The number of urea groups is 1. The Labute approximate surface area is 159 Å². The number of likely N-dealkylation sites (tertiary alicyclic amines) is 1. The summed E-state index contributed by atoms with van der Waals surface area (Å²) in [5, 5.41) is 0. The van der Waals surface area contributed by atoms with E-state index in [2.05, 4.69) is 4.98 Å². The van der Waals surface area contributed by atoms with Crippen molar-refractivity contribution >= 4 is 17.9 Å². The van der Waals surface area contributed by atoms with Crippen molar-refractivity contribution in [2.75, 3.05) is 40.8 Å². The topological polar surface area (TPSA) is 83.0 Å². The van der Waals surface area contributed by atoms with Gasteiger partial charge in [-0.05, 0) is 30.4 Å². The highest BCUT2D eigenvalue weighted by molar-refractivity contribution is 5.96. The molecular weight excluding hydrogens is 348 g/mol. The molecule has 1 unspecified atom stereocenters. The molecular formula is C19H26N4O4. The predicted octanol–water partition coefficient (Wildman–Crippen LogP) is 1.15.